The number of carboxylic acid groups (broad SMARTS) is 1. The minimum Gasteiger partial charge on any atom is -0.481 e. The van der Waals surface area contributed by atoms with E-state index in [9.17, 15) is 9.59 Å². The van der Waals surface area contributed by atoms with Crippen molar-refractivity contribution in [3.05, 3.63) is 24.5 Å². The fourth-order valence-electron chi connectivity index (χ4n) is 1.28. The number of nitrogens with one attached hydrogen (secondary N) is 1. The lowest BCUT2D eigenvalue weighted by Crippen LogP contribution is -2.25. The quantitative estimate of drug-likeness (QED) is 0.360. The third-order valence-electron chi connectivity index (χ3n) is 2.29. The van der Waals surface area contributed by atoms with Crippen LogP contribution in [0.1, 0.15) is 23.3 Å². The molecule has 0 aliphatic rings. The first kappa shape index (κ1) is 17.6. The lowest BCUT2D eigenvalue weighted by atomic mass is 10.4. The largest absolute Gasteiger partial charge is 0.481 e. The van der Waals surface area contributed by atoms with Gasteiger partial charge in [-0.1, -0.05) is 32.9 Å². The van der Waals surface area contributed by atoms with Gasteiger partial charge in [0, 0.05) is 24.6 Å². The fraction of sp³-hybridized carbons (Fsp3) is 0.500. The third kappa shape index (κ3) is 7.76. The van der Waals surface area contributed by atoms with Crippen molar-refractivity contribution in [2.45, 2.75) is 19.4 Å². The molecule has 1 rings (SSSR count). The maximum Gasteiger partial charge on any atom is 0.304 e. The molecule has 0 unspecified atom stereocenters. The van der Waals surface area contributed by atoms with E-state index in [1.54, 1.807) is 17.0 Å². The number of carboxylic acids is 1. The molecule has 0 bridgehead atoms. The van der Waals surface area contributed by atoms with Gasteiger partial charge in [0.15, 0.2) is 5.69 Å². The summed E-state index contributed by atoms with van der Waals surface area (Å²) in [6.45, 7) is 4.78. The predicted molar refractivity (Wildman–Crippen MR) is 84.3 cm³/mol. The van der Waals surface area contributed by atoms with Crippen LogP contribution in [0, 0.1) is 0 Å². The highest BCUT2D eigenvalue weighted by Gasteiger charge is 2.09. The van der Waals surface area contributed by atoms with Gasteiger partial charge in [-0.2, -0.15) is 0 Å². The number of carbonyl (C=O) groups excluding carboxylic acids is 1. The van der Waals surface area contributed by atoms with Crippen LogP contribution in [0.15, 0.2) is 18.9 Å². The van der Waals surface area contributed by atoms with Crippen LogP contribution in [0.25, 0.3) is 0 Å². The Kier molecular flexibility index (Phi) is 8.60. The second-order valence-electron chi connectivity index (χ2n) is 3.99. The van der Waals surface area contributed by atoms with Crippen molar-refractivity contribution in [3.8, 4) is 0 Å². The third-order valence-corrected chi connectivity index (χ3v) is 4.70. The van der Waals surface area contributed by atoms with E-state index in [-0.39, 0.29) is 12.3 Å². The van der Waals surface area contributed by atoms with E-state index in [2.05, 4.69) is 22.2 Å². The second-order valence-corrected chi connectivity index (χ2v) is 6.69. The zero-order valence-electron chi connectivity index (χ0n) is 11.5. The number of hydrogen-bond donors (Lipinski definition) is 2. The first-order valence-electron chi connectivity index (χ1n) is 6.39. The first-order chi connectivity index (χ1) is 10.1. The topological polar surface area (TPSA) is 97.1 Å². The average molecular weight is 330 g/mol. The number of allylic oxidation sites excluding steroid dienone is 1. The predicted octanol–water partition coefficient (Wildman–Crippen LogP) is 1.44. The highest BCUT2D eigenvalue weighted by Crippen LogP contribution is 2.20. The van der Waals surface area contributed by atoms with E-state index in [4.69, 9.17) is 5.11 Å². The van der Waals surface area contributed by atoms with Crippen LogP contribution in [0.4, 0.5) is 0 Å². The van der Waals surface area contributed by atoms with Gasteiger partial charge in [-0.3, -0.25) is 14.3 Å². The molecule has 0 aromatic carbocycles. The smallest absolute Gasteiger partial charge is 0.304 e. The van der Waals surface area contributed by atoms with Crippen LogP contribution in [-0.4, -0.2) is 50.0 Å². The Labute approximate surface area is 130 Å². The summed E-state index contributed by atoms with van der Waals surface area (Å²) in [6, 6.07) is 0. The summed E-state index contributed by atoms with van der Waals surface area (Å²) >= 11 is 0. The molecule has 0 aliphatic carbocycles. The molecule has 21 heavy (non-hydrogen) atoms. The molecule has 0 aliphatic heterocycles. The molecule has 0 atom stereocenters. The van der Waals surface area contributed by atoms with Crippen molar-refractivity contribution >= 4 is 33.5 Å². The number of carbonyl (C=O) groups is 2. The van der Waals surface area contributed by atoms with E-state index in [1.165, 1.54) is 21.6 Å². The van der Waals surface area contributed by atoms with E-state index < -0.39 is 5.97 Å². The second kappa shape index (κ2) is 10.3. The van der Waals surface area contributed by atoms with Gasteiger partial charge in [0.25, 0.3) is 5.91 Å². The maximum atomic E-state index is 11.8. The van der Waals surface area contributed by atoms with Crippen molar-refractivity contribution in [1.29, 1.82) is 0 Å². The van der Waals surface area contributed by atoms with Crippen LogP contribution >= 0.6 is 21.6 Å². The van der Waals surface area contributed by atoms with Crippen molar-refractivity contribution in [2.75, 3.05) is 18.1 Å². The summed E-state index contributed by atoms with van der Waals surface area (Å²) < 4.78 is 1.60. The minimum atomic E-state index is -0.795. The summed E-state index contributed by atoms with van der Waals surface area (Å²) in [7, 11) is 3.02. The first-order valence-corrected chi connectivity index (χ1v) is 8.87. The summed E-state index contributed by atoms with van der Waals surface area (Å²) in [5, 5.41) is 18.9. The Morgan fingerprint density at radius 3 is 2.90 bits per heavy atom. The van der Waals surface area contributed by atoms with Gasteiger partial charge in [-0.05, 0) is 6.42 Å². The number of rotatable bonds is 11. The molecule has 1 amide bonds. The lowest BCUT2D eigenvalue weighted by molar-refractivity contribution is -0.136. The molecule has 2 N–H and O–H groups in total. The fourth-order valence-corrected chi connectivity index (χ4v) is 3.17. The Bertz CT molecular complexity index is 479. The van der Waals surface area contributed by atoms with Gasteiger partial charge in [-0.15, -0.1) is 11.7 Å². The van der Waals surface area contributed by atoms with Crippen molar-refractivity contribution < 1.29 is 14.7 Å². The van der Waals surface area contributed by atoms with Crippen LogP contribution < -0.4 is 5.32 Å². The van der Waals surface area contributed by atoms with Gasteiger partial charge in [0.1, 0.15) is 0 Å². The average Bonchev–Trinajstić information content (AvgIpc) is 2.92. The Hall–Kier alpha value is -1.48. The van der Waals surface area contributed by atoms with Crippen LogP contribution in [-0.2, 0) is 11.3 Å². The molecule has 1 aromatic heterocycles. The molecular weight excluding hydrogens is 312 g/mol. The van der Waals surface area contributed by atoms with Crippen LogP contribution in [0.3, 0.4) is 0 Å². The molecule has 116 valence electrons. The Morgan fingerprint density at radius 2 is 2.19 bits per heavy atom. The highest BCUT2D eigenvalue weighted by atomic mass is 33.1. The molecule has 0 radical (unpaired) electrons. The summed E-state index contributed by atoms with van der Waals surface area (Å²) in [4.78, 5) is 22.1. The van der Waals surface area contributed by atoms with Crippen molar-refractivity contribution in [2.24, 2.45) is 0 Å². The molecule has 9 heteroatoms. The molecule has 1 aromatic rings. The molecule has 0 fully saturated rings. The number of hydrogen-bond acceptors (Lipinski definition) is 6. The zero-order valence-corrected chi connectivity index (χ0v) is 13.2. The van der Waals surface area contributed by atoms with E-state index in [1.807, 2.05) is 0 Å². The van der Waals surface area contributed by atoms with Gasteiger partial charge in [0.2, 0.25) is 0 Å². The van der Waals surface area contributed by atoms with E-state index in [0.717, 1.165) is 6.42 Å². The van der Waals surface area contributed by atoms with E-state index in [0.29, 0.717) is 30.3 Å². The number of aryl methyl sites for hydroxylation is 1. The molecule has 7 nitrogen and oxygen atoms in total. The summed E-state index contributed by atoms with van der Waals surface area (Å²) in [5.74, 6) is 0.221. The number of amides is 1. The maximum absolute atomic E-state index is 11.8. The highest BCUT2D eigenvalue weighted by molar-refractivity contribution is 8.76. The molecule has 0 saturated heterocycles. The normalized spacial score (nSPS) is 10.3. The van der Waals surface area contributed by atoms with Crippen LogP contribution in [0.5, 0.6) is 0 Å². The number of aromatic nitrogens is 3. The summed E-state index contributed by atoms with van der Waals surface area (Å²) in [5.41, 5.74) is 0.294. The van der Waals surface area contributed by atoms with Gasteiger partial charge < -0.3 is 10.4 Å². The van der Waals surface area contributed by atoms with Gasteiger partial charge in [0.05, 0.1) is 12.6 Å². The van der Waals surface area contributed by atoms with Gasteiger partial charge in [-0.25, -0.2) is 0 Å². The molecule has 1 heterocycles. The van der Waals surface area contributed by atoms with E-state index >= 15 is 0 Å². The minimum absolute atomic E-state index is 0.151. The number of aliphatic carboxylic acids is 1. The Morgan fingerprint density at radius 1 is 1.43 bits per heavy atom. The lowest BCUT2D eigenvalue weighted by Gasteiger charge is -2.02. The zero-order chi connectivity index (χ0) is 15.5. The van der Waals surface area contributed by atoms with Gasteiger partial charge >= 0.3 is 5.97 Å². The Balaban J connectivity index is 2.14. The standard InChI is InChI=1S/C12H18N4O3S2/c1-2-3-6-16-9-10(14-15-16)12(19)13-5-8-21-20-7-4-11(17)18/h2,9H,1,3-8H2,(H,13,19)(H,17,18). The number of nitrogens with zero attached hydrogens (tertiary/aromatic N) is 3. The molecular formula is C12H18N4O3S2. The SMILES string of the molecule is C=CCCn1cc(C(=O)NCCSSCCC(=O)O)nn1. The monoisotopic (exact) mass is 330 g/mol. The van der Waals surface area contributed by atoms with Crippen molar-refractivity contribution in [1.82, 2.24) is 20.3 Å². The van der Waals surface area contributed by atoms with Crippen LogP contribution in [0.2, 0.25) is 0 Å². The molecule has 0 saturated carbocycles. The molecule has 0 spiro atoms. The summed E-state index contributed by atoms with van der Waals surface area (Å²) in [6.07, 6.45) is 4.31. The van der Waals surface area contributed by atoms with Crippen molar-refractivity contribution in [3.63, 3.8) is 0 Å².